The molecule has 0 aliphatic heterocycles. The second-order valence-electron chi connectivity index (χ2n) is 5.57. The van der Waals surface area contributed by atoms with Crippen molar-refractivity contribution in [1.29, 1.82) is 0 Å². The summed E-state index contributed by atoms with van der Waals surface area (Å²) in [4.78, 5) is 26.1. The highest BCUT2D eigenvalue weighted by molar-refractivity contribution is 5.95. The lowest BCUT2D eigenvalue weighted by Crippen LogP contribution is -2.36. The highest BCUT2D eigenvalue weighted by Gasteiger charge is 2.11. The molecule has 2 amide bonds. The van der Waals surface area contributed by atoms with E-state index in [0.717, 1.165) is 38.0 Å². The molecule has 0 atom stereocenters. The Labute approximate surface area is 139 Å². The summed E-state index contributed by atoms with van der Waals surface area (Å²) < 4.78 is 0. The fraction of sp³-hybridized carbons (Fsp3) is 0.556. The molecule has 1 rings (SSSR count). The zero-order valence-electron chi connectivity index (χ0n) is 14.5. The minimum atomic E-state index is -0.0829. The number of rotatable bonds is 10. The molecule has 128 valence electrons. The van der Waals surface area contributed by atoms with Crippen LogP contribution in [-0.2, 0) is 4.79 Å². The summed E-state index contributed by atoms with van der Waals surface area (Å²) in [5, 5.41) is 5.97. The van der Waals surface area contributed by atoms with E-state index in [4.69, 9.17) is 0 Å². The van der Waals surface area contributed by atoms with Crippen LogP contribution in [0, 0.1) is 0 Å². The Morgan fingerprint density at radius 1 is 1.04 bits per heavy atom. The molecular formula is C18H29N3O2. The largest absolute Gasteiger partial charge is 0.376 e. The maximum Gasteiger partial charge on any atom is 0.251 e. The van der Waals surface area contributed by atoms with E-state index in [-0.39, 0.29) is 18.4 Å². The van der Waals surface area contributed by atoms with Crippen LogP contribution < -0.4 is 10.6 Å². The predicted molar refractivity (Wildman–Crippen MR) is 94.7 cm³/mol. The highest BCUT2D eigenvalue weighted by atomic mass is 16.2. The van der Waals surface area contributed by atoms with Gasteiger partial charge in [-0.05, 0) is 37.5 Å². The lowest BCUT2D eigenvalue weighted by atomic mass is 10.2. The third-order valence-corrected chi connectivity index (χ3v) is 3.44. The molecule has 5 nitrogen and oxygen atoms in total. The molecule has 0 saturated heterocycles. The number of nitrogens with one attached hydrogen (secondary N) is 2. The molecule has 0 aliphatic carbocycles. The molecule has 2 N–H and O–H groups in total. The van der Waals surface area contributed by atoms with Crippen molar-refractivity contribution in [3.63, 3.8) is 0 Å². The standard InChI is InChI=1S/C18H29N3O2/c1-4-10-19-18(23)15-8-7-9-16(13-15)20-14-17(22)21(11-5-2)12-6-3/h7-9,13,20H,4-6,10-12,14H2,1-3H3,(H,19,23). The van der Waals surface area contributed by atoms with Gasteiger partial charge in [-0.2, -0.15) is 0 Å². The quantitative estimate of drug-likeness (QED) is 0.697. The lowest BCUT2D eigenvalue weighted by Gasteiger charge is -2.22. The Morgan fingerprint density at radius 2 is 1.74 bits per heavy atom. The van der Waals surface area contributed by atoms with Crippen LogP contribution in [0.25, 0.3) is 0 Å². The SMILES string of the molecule is CCCNC(=O)c1cccc(NCC(=O)N(CCC)CCC)c1. The van der Waals surface area contributed by atoms with E-state index in [9.17, 15) is 9.59 Å². The first kappa shape index (κ1) is 19.0. The third kappa shape index (κ3) is 6.72. The Bertz CT molecular complexity index is 497. The summed E-state index contributed by atoms with van der Waals surface area (Å²) in [5.41, 5.74) is 1.39. The summed E-state index contributed by atoms with van der Waals surface area (Å²) in [6.45, 7) is 8.64. The number of hydrogen-bond donors (Lipinski definition) is 2. The average molecular weight is 319 g/mol. The monoisotopic (exact) mass is 319 g/mol. The number of hydrogen-bond acceptors (Lipinski definition) is 3. The van der Waals surface area contributed by atoms with Gasteiger partial charge in [0.05, 0.1) is 6.54 Å². The van der Waals surface area contributed by atoms with Gasteiger partial charge in [0.2, 0.25) is 5.91 Å². The summed E-state index contributed by atoms with van der Waals surface area (Å²) in [7, 11) is 0. The first-order chi connectivity index (χ1) is 11.1. The first-order valence-electron chi connectivity index (χ1n) is 8.52. The first-order valence-corrected chi connectivity index (χ1v) is 8.52. The smallest absolute Gasteiger partial charge is 0.251 e. The second kappa shape index (κ2) is 10.6. The number of anilines is 1. The molecule has 1 aromatic rings. The fourth-order valence-corrected chi connectivity index (χ4v) is 2.30. The van der Waals surface area contributed by atoms with Crippen molar-refractivity contribution in [1.82, 2.24) is 10.2 Å². The van der Waals surface area contributed by atoms with E-state index in [1.807, 2.05) is 24.0 Å². The van der Waals surface area contributed by atoms with E-state index in [0.29, 0.717) is 12.1 Å². The van der Waals surface area contributed by atoms with Crippen LogP contribution in [0.4, 0.5) is 5.69 Å². The summed E-state index contributed by atoms with van der Waals surface area (Å²) in [6.07, 6.45) is 2.82. The van der Waals surface area contributed by atoms with E-state index in [1.165, 1.54) is 0 Å². The maximum atomic E-state index is 12.2. The van der Waals surface area contributed by atoms with Crippen LogP contribution in [-0.4, -0.2) is 42.9 Å². The molecule has 0 heterocycles. The highest BCUT2D eigenvalue weighted by Crippen LogP contribution is 2.10. The average Bonchev–Trinajstić information content (AvgIpc) is 2.57. The number of amides is 2. The normalized spacial score (nSPS) is 10.2. The zero-order valence-corrected chi connectivity index (χ0v) is 14.5. The molecule has 0 aliphatic rings. The van der Waals surface area contributed by atoms with Crippen LogP contribution in [0.1, 0.15) is 50.4 Å². The molecule has 0 bridgehead atoms. The van der Waals surface area contributed by atoms with Crippen LogP contribution >= 0.6 is 0 Å². The van der Waals surface area contributed by atoms with Crippen molar-refractivity contribution in [2.75, 3.05) is 31.5 Å². The molecule has 0 unspecified atom stereocenters. The number of carbonyl (C=O) groups is 2. The van der Waals surface area contributed by atoms with Gasteiger partial charge in [0, 0.05) is 30.9 Å². The Morgan fingerprint density at radius 3 is 2.35 bits per heavy atom. The van der Waals surface area contributed by atoms with Crippen LogP contribution in [0.5, 0.6) is 0 Å². The zero-order chi connectivity index (χ0) is 17.1. The van der Waals surface area contributed by atoms with Crippen molar-refractivity contribution >= 4 is 17.5 Å². The molecule has 0 radical (unpaired) electrons. The Kier molecular flexibility index (Phi) is 8.80. The number of carbonyl (C=O) groups excluding carboxylic acids is 2. The molecule has 0 fully saturated rings. The minimum absolute atomic E-state index is 0.0829. The lowest BCUT2D eigenvalue weighted by molar-refractivity contribution is -0.129. The van der Waals surface area contributed by atoms with Gasteiger partial charge in [0.1, 0.15) is 0 Å². The third-order valence-electron chi connectivity index (χ3n) is 3.44. The maximum absolute atomic E-state index is 12.2. The van der Waals surface area contributed by atoms with Crippen molar-refractivity contribution in [3.8, 4) is 0 Å². The van der Waals surface area contributed by atoms with Crippen LogP contribution in [0.2, 0.25) is 0 Å². The van der Waals surface area contributed by atoms with Crippen molar-refractivity contribution in [2.45, 2.75) is 40.0 Å². The number of benzene rings is 1. The molecule has 0 spiro atoms. The van der Waals surface area contributed by atoms with E-state index in [1.54, 1.807) is 12.1 Å². The van der Waals surface area contributed by atoms with Crippen LogP contribution in [0.3, 0.4) is 0 Å². The van der Waals surface area contributed by atoms with E-state index in [2.05, 4.69) is 24.5 Å². The van der Waals surface area contributed by atoms with Gasteiger partial charge < -0.3 is 15.5 Å². The molecule has 1 aromatic carbocycles. The second-order valence-corrected chi connectivity index (χ2v) is 5.57. The number of nitrogens with zero attached hydrogens (tertiary/aromatic N) is 1. The minimum Gasteiger partial charge on any atom is -0.376 e. The molecule has 23 heavy (non-hydrogen) atoms. The predicted octanol–water partition coefficient (Wildman–Crippen LogP) is 2.89. The topological polar surface area (TPSA) is 61.4 Å². The van der Waals surface area contributed by atoms with Gasteiger partial charge in [0.15, 0.2) is 0 Å². The van der Waals surface area contributed by atoms with Gasteiger partial charge >= 0.3 is 0 Å². The summed E-state index contributed by atoms with van der Waals surface area (Å²) in [5.74, 6) is 0.00922. The van der Waals surface area contributed by atoms with Crippen LogP contribution in [0.15, 0.2) is 24.3 Å². The molecule has 5 heteroatoms. The fourth-order valence-electron chi connectivity index (χ4n) is 2.30. The van der Waals surface area contributed by atoms with Gasteiger partial charge in [-0.3, -0.25) is 9.59 Å². The van der Waals surface area contributed by atoms with Crippen molar-refractivity contribution < 1.29 is 9.59 Å². The van der Waals surface area contributed by atoms with Gasteiger partial charge in [-0.1, -0.05) is 26.8 Å². The van der Waals surface area contributed by atoms with Gasteiger partial charge in [-0.15, -0.1) is 0 Å². The summed E-state index contributed by atoms with van der Waals surface area (Å²) >= 11 is 0. The van der Waals surface area contributed by atoms with E-state index >= 15 is 0 Å². The molecular weight excluding hydrogens is 290 g/mol. The van der Waals surface area contributed by atoms with Gasteiger partial charge in [-0.25, -0.2) is 0 Å². The molecule has 0 saturated carbocycles. The summed E-state index contributed by atoms with van der Waals surface area (Å²) in [6, 6.07) is 7.25. The van der Waals surface area contributed by atoms with Crippen molar-refractivity contribution in [2.24, 2.45) is 0 Å². The van der Waals surface area contributed by atoms with Gasteiger partial charge in [0.25, 0.3) is 5.91 Å². The van der Waals surface area contributed by atoms with Crippen molar-refractivity contribution in [3.05, 3.63) is 29.8 Å². The molecule has 0 aromatic heterocycles. The Balaban J connectivity index is 2.60. The Hall–Kier alpha value is -2.04. The van der Waals surface area contributed by atoms with E-state index < -0.39 is 0 Å².